The minimum absolute atomic E-state index is 0.0837. The van der Waals surface area contributed by atoms with Crippen LogP contribution in [-0.4, -0.2) is 30.7 Å². The van der Waals surface area contributed by atoms with E-state index in [1.807, 2.05) is 0 Å². The first-order valence-corrected chi connectivity index (χ1v) is 7.19. The molecule has 1 N–H and O–H groups in total. The zero-order valence-corrected chi connectivity index (χ0v) is 11.1. The SMILES string of the molecule is Cc1nc(-c2cccc(S(C)(=O)=O)c2)oc1C(=O)O. The third-order valence-corrected chi connectivity index (χ3v) is 3.61. The molecular weight excluding hydrogens is 270 g/mol. The molecule has 7 heteroatoms. The number of hydrogen-bond donors (Lipinski definition) is 1. The van der Waals surface area contributed by atoms with E-state index in [-0.39, 0.29) is 22.2 Å². The fourth-order valence-corrected chi connectivity index (χ4v) is 2.24. The number of oxazole rings is 1. The summed E-state index contributed by atoms with van der Waals surface area (Å²) >= 11 is 0. The molecule has 1 aromatic carbocycles. The van der Waals surface area contributed by atoms with Gasteiger partial charge in [0, 0.05) is 11.8 Å². The van der Waals surface area contributed by atoms with Gasteiger partial charge in [-0.25, -0.2) is 18.2 Å². The van der Waals surface area contributed by atoms with Crippen molar-refractivity contribution < 1.29 is 22.7 Å². The number of benzene rings is 1. The average molecular weight is 281 g/mol. The molecule has 0 radical (unpaired) electrons. The van der Waals surface area contributed by atoms with Gasteiger partial charge in [-0.3, -0.25) is 0 Å². The van der Waals surface area contributed by atoms with Crippen molar-refractivity contribution in [2.45, 2.75) is 11.8 Å². The second-order valence-electron chi connectivity index (χ2n) is 4.04. The lowest BCUT2D eigenvalue weighted by molar-refractivity contribution is 0.0662. The number of carboxylic acids is 1. The molecule has 0 aliphatic heterocycles. The van der Waals surface area contributed by atoms with Gasteiger partial charge in [-0.2, -0.15) is 0 Å². The molecule has 0 fully saturated rings. The molecule has 0 saturated carbocycles. The molecular formula is C12H11NO5S. The lowest BCUT2D eigenvalue weighted by atomic mass is 10.2. The maximum atomic E-state index is 11.5. The Labute approximate surface area is 109 Å². The highest BCUT2D eigenvalue weighted by molar-refractivity contribution is 7.90. The van der Waals surface area contributed by atoms with Gasteiger partial charge in [0.1, 0.15) is 0 Å². The molecule has 0 atom stereocenters. The fourth-order valence-electron chi connectivity index (χ4n) is 1.58. The highest BCUT2D eigenvalue weighted by Gasteiger charge is 2.18. The quantitative estimate of drug-likeness (QED) is 0.920. The van der Waals surface area contributed by atoms with Gasteiger partial charge < -0.3 is 9.52 Å². The molecule has 0 aliphatic rings. The standard InChI is InChI=1S/C12H11NO5S/c1-7-10(12(14)15)18-11(13-7)8-4-3-5-9(6-8)19(2,16)17/h3-6H,1-2H3,(H,14,15). The summed E-state index contributed by atoms with van der Waals surface area (Å²) in [7, 11) is -3.34. The maximum Gasteiger partial charge on any atom is 0.373 e. The average Bonchev–Trinajstić information content (AvgIpc) is 2.70. The van der Waals surface area contributed by atoms with Crippen molar-refractivity contribution in [1.82, 2.24) is 4.98 Å². The summed E-state index contributed by atoms with van der Waals surface area (Å²) in [4.78, 5) is 15.0. The van der Waals surface area contributed by atoms with Crippen LogP contribution in [0, 0.1) is 6.92 Å². The molecule has 1 heterocycles. The van der Waals surface area contributed by atoms with E-state index in [2.05, 4.69) is 4.98 Å². The number of rotatable bonds is 3. The Balaban J connectivity index is 2.54. The Bertz CT molecular complexity index is 745. The molecule has 1 aromatic heterocycles. The van der Waals surface area contributed by atoms with Gasteiger partial charge >= 0.3 is 5.97 Å². The van der Waals surface area contributed by atoms with E-state index >= 15 is 0 Å². The summed E-state index contributed by atoms with van der Waals surface area (Å²) in [6.45, 7) is 1.51. The molecule has 0 bridgehead atoms. The first-order chi connectivity index (χ1) is 8.79. The van der Waals surface area contributed by atoms with Gasteiger partial charge in [0.25, 0.3) is 0 Å². The van der Waals surface area contributed by atoms with Crippen LogP contribution >= 0.6 is 0 Å². The molecule has 0 amide bonds. The topological polar surface area (TPSA) is 97.5 Å². The lowest BCUT2D eigenvalue weighted by Gasteiger charge is -2.00. The maximum absolute atomic E-state index is 11.5. The number of aromatic carboxylic acids is 1. The predicted octanol–water partition coefficient (Wildman–Crippen LogP) is 1.75. The zero-order valence-electron chi connectivity index (χ0n) is 10.2. The van der Waals surface area contributed by atoms with E-state index in [4.69, 9.17) is 9.52 Å². The van der Waals surface area contributed by atoms with E-state index in [0.29, 0.717) is 5.56 Å². The number of hydrogen-bond acceptors (Lipinski definition) is 5. The van der Waals surface area contributed by atoms with Crippen molar-refractivity contribution in [2.24, 2.45) is 0 Å². The molecule has 6 nitrogen and oxygen atoms in total. The van der Waals surface area contributed by atoms with Crippen LogP contribution in [0.5, 0.6) is 0 Å². The number of nitrogens with zero attached hydrogens (tertiary/aromatic N) is 1. The van der Waals surface area contributed by atoms with Crippen LogP contribution < -0.4 is 0 Å². The van der Waals surface area contributed by atoms with Gasteiger partial charge in [-0.15, -0.1) is 0 Å². The summed E-state index contributed by atoms with van der Waals surface area (Å²) in [5.41, 5.74) is 0.658. The number of aryl methyl sites for hydroxylation is 1. The summed E-state index contributed by atoms with van der Waals surface area (Å²) in [5, 5.41) is 8.88. The third kappa shape index (κ3) is 2.65. The number of aromatic nitrogens is 1. The van der Waals surface area contributed by atoms with Crippen molar-refractivity contribution in [3.63, 3.8) is 0 Å². The molecule has 0 spiro atoms. The monoisotopic (exact) mass is 281 g/mol. The number of carboxylic acid groups (broad SMARTS) is 1. The molecule has 0 unspecified atom stereocenters. The van der Waals surface area contributed by atoms with Gasteiger partial charge in [0.05, 0.1) is 10.6 Å². The Morgan fingerprint density at radius 2 is 2.05 bits per heavy atom. The molecule has 100 valence electrons. The van der Waals surface area contributed by atoms with E-state index in [0.717, 1.165) is 6.26 Å². The van der Waals surface area contributed by atoms with Crippen molar-refractivity contribution in [3.8, 4) is 11.5 Å². The lowest BCUT2D eigenvalue weighted by Crippen LogP contribution is -1.96. The molecule has 19 heavy (non-hydrogen) atoms. The third-order valence-electron chi connectivity index (χ3n) is 2.50. The normalized spacial score (nSPS) is 11.5. The van der Waals surface area contributed by atoms with Crippen molar-refractivity contribution >= 4 is 15.8 Å². The van der Waals surface area contributed by atoms with E-state index in [9.17, 15) is 13.2 Å². The summed E-state index contributed by atoms with van der Waals surface area (Å²) in [6.07, 6.45) is 1.09. The predicted molar refractivity (Wildman–Crippen MR) is 66.7 cm³/mol. The van der Waals surface area contributed by atoms with E-state index < -0.39 is 15.8 Å². The van der Waals surface area contributed by atoms with Crippen LogP contribution in [-0.2, 0) is 9.84 Å². The zero-order chi connectivity index (χ0) is 14.2. The first kappa shape index (κ1) is 13.3. The van der Waals surface area contributed by atoms with Crippen molar-refractivity contribution in [3.05, 3.63) is 35.7 Å². The van der Waals surface area contributed by atoms with Crippen LogP contribution in [0.3, 0.4) is 0 Å². The van der Waals surface area contributed by atoms with Crippen molar-refractivity contribution in [2.75, 3.05) is 6.26 Å². The Hall–Kier alpha value is -2.15. The van der Waals surface area contributed by atoms with E-state index in [1.165, 1.54) is 19.1 Å². The Morgan fingerprint density at radius 3 is 2.58 bits per heavy atom. The molecule has 2 aromatic rings. The minimum atomic E-state index is -3.34. The van der Waals surface area contributed by atoms with E-state index in [1.54, 1.807) is 12.1 Å². The highest BCUT2D eigenvalue weighted by Crippen LogP contribution is 2.24. The van der Waals surface area contributed by atoms with Gasteiger partial charge in [0.15, 0.2) is 9.84 Å². The molecule has 2 rings (SSSR count). The summed E-state index contributed by atoms with van der Waals surface area (Å²) in [5.74, 6) is -1.38. The first-order valence-electron chi connectivity index (χ1n) is 5.30. The molecule has 0 saturated heterocycles. The van der Waals surface area contributed by atoms with Crippen LogP contribution in [0.15, 0.2) is 33.6 Å². The van der Waals surface area contributed by atoms with Crippen LogP contribution in [0.4, 0.5) is 0 Å². The van der Waals surface area contributed by atoms with Gasteiger partial charge in [-0.1, -0.05) is 6.07 Å². The van der Waals surface area contributed by atoms with Crippen LogP contribution in [0.1, 0.15) is 16.2 Å². The second kappa shape index (κ2) is 4.51. The van der Waals surface area contributed by atoms with Gasteiger partial charge in [0.2, 0.25) is 11.7 Å². The summed E-state index contributed by atoms with van der Waals surface area (Å²) < 4.78 is 28.0. The van der Waals surface area contributed by atoms with Gasteiger partial charge in [-0.05, 0) is 25.1 Å². The molecule has 0 aliphatic carbocycles. The van der Waals surface area contributed by atoms with Crippen LogP contribution in [0.25, 0.3) is 11.5 Å². The largest absolute Gasteiger partial charge is 0.475 e. The number of sulfone groups is 1. The Morgan fingerprint density at radius 1 is 1.37 bits per heavy atom. The second-order valence-corrected chi connectivity index (χ2v) is 6.05. The summed E-state index contributed by atoms with van der Waals surface area (Å²) in [6, 6.07) is 6.00. The smallest absolute Gasteiger partial charge is 0.373 e. The Kier molecular flexibility index (Phi) is 3.15. The number of carbonyl (C=O) groups is 1. The highest BCUT2D eigenvalue weighted by atomic mass is 32.2. The fraction of sp³-hybridized carbons (Fsp3) is 0.167. The van der Waals surface area contributed by atoms with Crippen LogP contribution in [0.2, 0.25) is 0 Å². The van der Waals surface area contributed by atoms with Crippen molar-refractivity contribution in [1.29, 1.82) is 0 Å². The minimum Gasteiger partial charge on any atom is -0.475 e.